The average molecular weight is 493 g/mol. The van der Waals surface area contributed by atoms with Crippen molar-refractivity contribution in [3.8, 4) is 0 Å². The van der Waals surface area contributed by atoms with Crippen molar-refractivity contribution < 1.29 is 14.0 Å². The number of hydrazine groups is 1. The van der Waals surface area contributed by atoms with Crippen molar-refractivity contribution in [2.45, 2.75) is 0 Å². The van der Waals surface area contributed by atoms with Gasteiger partial charge < -0.3 is 31.7 Å². The third-order valence-electron chi connectivity index (χ3n) is 5.83. The monoisotopic (exact) mass is 492 g/mol. The van der Waals surface area contributed by atoms with Gasteiger partial charge >= 0.3 is 0 Å². The summed E-state index contributed by atoms with van der Waals surface area (Å²) >= 11 is 0. The Morgan fingerprint density at radius 1 is 1.17 bits per heavy atom. The highest BCUT2D eigenvalue weighted by Crippen LogP contribution is 2.28. The number of ketones is 1. The Kier molecular flexibility index (Phi) is 6.92. The molecule has 1 aliphatic rings. The minimum Gasteiger partial charge on any atom is -0.403 e. The number of aromatic amines is 1. The number of Topliss-reactive ketones (excluding diaryl/α,β-unsaturated/α-hetero) is 1. The van der Waals surface area contributed by atoms with Gasteiger partial charge in [0.15, 0.2) is 11.6 Å². The lowest BCUT2D eigenvalue weighted by molar-refractivity contribution is -0.127. The number of fused-ring (bicyclic) bond motifs is 1. The lowest BCUT2D eigenvalue weighted by atomic mass is 10.1. The van der Waals surface area contributed by atoms with Crippen molar-refractivity contribution >= 4 is 40.3 Å². The molecule has 1 saturated heterocycles. The number of anilines is 1. The van der Waals surface area contributed by atoms with E-state index in [2.05, 4.69) is 15.0 Å². The van der Waals surface area contributed by atoms with Gasteiger partial charge in [-0.1, -0.05) is 6.07 Å². The Hall–Kier alpha value is -4.78. The first kappa shape index (κ1) is 24.3. The third-order valence-corrected chi connectivity index (χ3v) is 5.83. The summed E-state index contributed by atoms with van der Waals surface area (Å²) in [7, 11) is 0. The Bertz CT molecular complexity index is 1360. The van der Waals surface area contributed by atoms with Gasteiger partial charge in [0.2, 0.25) is 0 Å². The van der Waals surface area contributed by atoms with Crippen molar-refractivity contribution in [2.24, 2.45) is 17.3 Å². The zero-order valence-electron chi connectivity index (χ0n) is 19.2. The third kappa shape index (κ3) is 4.46. The summed E-state index contributed by atoms with van der Waals surface area (Å²) in [6, 6.07) is 5.31. The van der Waals surface area contributed by atoms with Crippen molar-refractivity contribution in [3.05, 3.63) is 72.0 Å². The molecule has 0 atom stereocenters. The molecule has 0 saturated carbocycles. The fourth-order valence-corrected chi connectivity index (χ4v) is 4.03. The predicted molar refractivity (Wildman–Crippen MR) is 133 cm³/mol. The lowest BCUT2D eigenvalue weighted by Crippen LogP contribution is -2.50. The molecule has 0 radical (unpaired) electrons. The lowest BCUT2D eigenvalue weighted by Gasteiger charge is -2.36. The number of hydrogen-bond donors (Lipinski definition) is 5. The number of H-pyrrole nitrogens is 1. The Labute approximate surface area is 205 Å². The minimum absolute atomic E-state index is 0.0879. The zero-order chi connectivity index (χ0) is 25.8. The Morgan fingerprint density at radius 3 is 2.53 bits per heavy atom. The summed E-state index contributed by atoms with van der Waals surface area (Å²) < 4.78 is 14.7. The molecule has 1 fully saturated rings. The maximum atomic E-state index is 14.7. The number of piperazine rings is 1. The number of carbonyl (C=O) groups excluding carboxylic acids is 2. The first-order chi connectivity index (χ1) is 17.4. The number of nitrogens with one attached hydrogen (secondary N) is 2. The second kappa shape index (κ2) is 10.2. The van der Waals surface area contributed by atoms with Crippen molar-refractivity contribution in [1.29, 1.82) is 5.41 Å². The van der Waals surface area contributed by atoms with Gasteiger partial charge in [0.1, 0.15) is 0 Å². The number of allylic oxidation sites excluding steroid dienone is 1. The van der Waals surface area contributed by atoms with E-state index < -0.39 is 17.5 Å². The first-order valence-corrected chi connectivity index (χ1v) is 11.0. The summed E-state index contributed by atoms with van der Waals surface area (Å²) in [5.41, 5.74) is 13.0. The van der Waals surface area contributed by atoms with Crippen LogP contribution in [0.2, 0.25) is 0 Å². The van der Waals surface area contributed by atoms with Crippen molar-refractivity contribution in [2.75, 3.05) is 31.2 Å². The summed E-state index contributed by atoms with van der Waals surface area (Å²) in [5.74, 6) is 3.59. The minimum atomic E-state index is -0.862. The number of pyridine rings is 2. The van der Waals surface area contributed by atoms with Crippen LogP contribution in [0.25, 0.3) is 16.6 Å². The molecule has 0 bridgehead atoms. The van der Waals surface area contributed by atoms with Crippen LogP contribution in [0, 0.1) is 11.2 Å². The van der Waals surface area contributed by atoms with E-state index >= 15 is 0 Å². The predicted octanol–water partition coefficient (Wildman–Crippen LogP) is 0.511. The van der Waals surface area contributed by atoms with Gasteiger partial charge in [0.25, 0.3) is 11.7 Å². The molecule has 12 nitrogen and oxygen atoms in total. The molecular formula is C23H25FN10O2. The topological polar surface area (TPSA) is 187 Å². The highest BCUT2D eigenvalue weighted by Gasteiger charge is 2.30. The SMILES string of the molecule is N=C/C(=C(\N)c1ccccn1)N1CCN(C(=O)C(=O)c2c[nH]c3c(N(N)/C=C\N)ncc(F)c23)CC1. The van der Waals surface area contributed by atoms with E-state index in [4.69, 9.17) is 22.7 Å². The molecule has 3 aromatic heterocycles. The van der Waals surface area contributed by atoms with Crippen LogP contribution in [-0.4, -0.2) is 68.8 Å². The molecule has 1 amide bonds. The van der Waals surface area contributed by atoms with Crippen LogP contribution in [0.5, 0.6) is 0 Å². The van der Waals surface area contributed by atoms with Crippen LogP contribution in [0.3, 0.4) is 0 Å². The molecule has 36 heavy (non-hydrogen) atoms. The van der Waals surface area contributed by atoms with Gasteiger partial charge in [-0.2, -0.15) is 0 Å². The number of nitrogens with two attached hydrogens (primary N) is 3. The first-order valence-electron chi connectivity index (χ1n) is 11.0. The average Bonchev–Trinajstić information content (AvgIpc) is 3.35. The highest BCUT2D eigenvalue weighted by molar-refractivity contribution is 6.45. The van der Waals surface area contributed by atoms with E-state index in [0.717, 1.165) is 17.4 Å². The van der Waals surface area contributed by atoms with Gasteiger partial charge in [-0.05, 0) is 12.1 Å². The second-order valence-electron chi connectivity index (χ2n) is 7.90. The number of aromatic nitrogens is 3. The maximum Gasteiger partial charge on any atom is 0.295 e. The van der Waals surface area contributed by atoms with Gasteiger partial charge in [-0.3, -0.25) is 19.6 Å². The smallest absolute Gasteiger partial charge is 0.295 e. The number of hydrogen-bond acceptors (Lipinski definition) is 10. The van der Waals surface area contributed by atoms with Crippen LogP contribution >= 0.6 is 0 Å². The molecule has 0 aromatic carbocycles. The molecule has 0 unspecified atom stereocenters. The van der Waals surface area contributed by atoms with Crippen LogP contribution in [0.15, 0.2) is 54.9 Å². The number of halogens is 1. The quantitative estimate of drug-likeness (QED) is 0.103. The number of amides is 1. The highest BCUT2D eigenvalue weighted by atomic mass is 19.1. The fourth-order valence-electron chi connectivity index (χ4n) is 4.03. The van der Waals surface area contributed by atoms with Gasteiger partial charge in [-0.25, -0.2) is 15.2 Å². The van der Waals surface area contributed by atoms with Crippen LogP contribution in [0.1, 0.15) is 16.1 Å². The number of carbonyl (C=O) groups is 2. The van der Waals surface area contributed by atoms with E-state index in [1.54, 1.807) is 24.4 Å². The van der Waals surface area contributed by atoms with Crippen molar-refractivity contribution in [1.82, 2.24) is 24.8 Å². The van der Waals surface area contributed by atoms with Crippen LogP contribution in [-0.2, 0) is 4.79 Å². The molecular weight excluding hydrogens is 467 g/mol. The van der Waals surface area contributed by atoms with E-state index in [1.807, 2.05) is 4.90 Å². The van der Waals surface area contributed by atoms with Crippen LogP contribution in [0.4, 0.5) is 10.2 Å². The molecule has 3 aromatic rings. The largest absolute Gasteiger partial charge is 0.403 e. The van der Waals surface area contributed by atoms with Gasteiger partial charge in [0, 0.05) is 57.2 Å². The number of rotatable bonds is 7. The second-order valence-corrected chi connectivity index (χ2v) is 7.90. The van der Waals surface area contributed by atoms with E-state index in [1.165, 1.54) is 23.5 Å². The summed E-state index contributed by atoms with van der Waals surface area (Å²) in [6.07, 6.45) is 7.43. The molecule has 0 spiro atoms. The molecule has 0 aliphatic carbocycles. The summed E-state index contributed by atoms with van der Waals surface area (Å²) in [4.78, 5) is 40.3. The van der Waals surface area contributed by atoms with Crippen molar-refractivity contribution in [3.63, 3.8) is 0 Å². The molecule has 4 heterocycles. The summed E-state index contributed by atoms with van der Waals surface area (Å²) in [6.45, 7) is 1.13. The Morgan fingerprint density at radius 2 is 1.89 bits per heavy atom. The van der Waals surface area contributed by atoms with E-state index in [0.29, 0.717) is 30.2 Å². The summed E-state index contributed by atoms with van der Waals surface area (Å²) in [5, 5.41) is 8.79. The molecule has 186 valence electrons. The molecule has 1 aliphatic heterocycles. The normalized spacial score (nSPS) is 14.7. The zero-order valence-corrected chi connectivity index (χ0v) is 19.2. The molecule has 8 N–H and O–H groups in total. The van der Waals surface area contributed by atoms with Crippen LogP contribution < -0.4 is 22.3 Å². The molecule has 13 heteroatoms. The number of nitrogens with zero attached hydrogens (tertiary/aromatic N) is 5. The van der Waals surface area contributed by atoms with Gasteiger partial charge in [-0.15, -0.1) is 0 Å². The molecule has 4 rings (SSSR count). The van der Waals surface area contributed by atoms with E-state index in [-0.39, 0.29) is 35.4 Å². The van der Waals surface area contributed by atoms with Gasteiger partial charge in [0.05, 0.1) is 39.8 Å². The Balaban J connectivity index is 1.52. The fraction of sp³-hybridized carbons (Fsp3) is 0.174. The maximum absolute atomic E-state index is 14.7. The van der Waals surface area contributed by atoms with E-state index in [9.17, 15) is 14.0 Å². The standard InChI is InChI=1S/C23H25FN10O2/c24-15-13-31-22(34(28)6-4-25)20-18(15)14(12-30-20)21(35)23(36)33-9-7-32(8-10-33)17(11-26)19(27)16-3-1-2-5-29-16/h1-6,11-13,26,30H,7-10,25,27-28H2/b6-4-,19-17+,26-11?.